The summed E-state index contributed by atoms with van der Waals surface area (Å²) in [6.07, 6.45) is 0. The normalized spacial score (nSPS) is 15.8. The molecule has 0 radical (unpaired) electrons. The van der Waals surface area contributed by atoms with Crippen LogP contribution in [0, 0.1) is 0 Å². The molecule has 1 fully saturated rings. The van der Waals surface area contributed by atoms with Crippen LogP contribution in [0.2, 0.25) is 5.02 Å². The highest BCUT2D eigenvalue weighted by atomic mass is 35.5. The van der Waals surface area contributed by atoms with Crippen LogP contribution in [0.4, 0.5) is 0 Å². The summed E-state index contributed by atoms with van der Waals surface area (Å²) in [6.45, 7) is 2.75. The maximum Gasteiger partial charge on any atom is 0.243 e. The fourth-order valence-electron chi connectivity index (χ4n) is 3.02. The van der Waals surface area contributed by atoms with Crippen molar-refractivity contribution in [3.05, 3.63) is 59.6 Å². The first-order valence-corrected chi connectivity index (χ1v) is 11.2. The number of benzene rings is 2. The average Bonchev–Trinajstić information content (AvgIpc) is 2.73. The predicted octanol–water partition coefficient (Wildman–Crippen LogP) is 1.84. The van der Waals surface area contributed by atoms with Gasteiger partial charge in [-0.05, 0) is 36.4 Å². The number of nitrogens with zero attached hydrogens (tertiary/aromatic N) is 2. The second-order valence-corrected chi connectivity index (χ2v) is 9.02. The molecule has 0 atom stereocenters. The van der Waals surface area contributed by atoms with Crippen LogP contribution in [0.15, 0.2) is 59.5 Å². The number of nitrogens with one attached hydrogen (secondary N) is 1. The molecular weight excluding hydrogens is 414 g/mol. The fourth-order valence-corrected chi connectivity index (χ4v) is 4.59. The molecule has 2 aromatic carbocycles. The van der Waals surface area contributed by atoms with Gasteiger partial charge in [-0.15, -0.1) is 0 Å². The number of amides is 1. The van der Waals surface area contributed by atoms with Crippen LogP contribution in [0.25, 0.3) is 0 Å². The molecule has 1 heterocycles. The van der Waals surface area contributed by atoms with Gasteiger partial charge in [0.25, 0.3) is 0 Å². The van der Waals surface area contributed by atoms with Gasteiger partial charge in [-0.2, -0.15) is 4.31 Å². The molecular formula is C20H24ClN3O4S. The zero-order chi connectivity index (χ0) is 20.7. The van der Waals surface area contributed by atoms with E-state index < -0.39 is 10.0 Å². The van der Waals surface area contributed by atoms with E-state index in [4.69, 9.17) is 16.3 Å². The van der Waals surface area contributed by atoms with Crippen LogP contribution in [0.5, 0.6) is 5.75 Å². The molecule has 0 aromatic heterocycles. The van der Waals surface area contributed by atoms with E-state index in [2.05, 4.69) is 5.32 Å². The lowest BCUT2D eigenvalue weighted by atomic mass is 10.3. The van der Waals surface area contributed by atoms with Crippen molar-refractivity contribution in [2.45, 2.75) is 4.90 Å². The van der Waals surface area contributed by atoms with E-state index in [0.717, 1.165) is 0 Å². The highest BCUT2D eigenvalue weighted by molar-refractivity contribution is 7.89. The summed E-state index contributed by atoms with van der Waals surface area (Å²) < 4.78 is 32.3. The van der Waals surface area contributed by atoms with Crippen LogP contribution >= 0.6 is 11.6 Å². The van der Waals surface area contributed by atoms with Gasteiger partial charge in [-0.25, -0.2) is 8.42 Å². The second-order valence-electron chi connectivity index (χ2n) is 6.65. The quantitative estimate of drug-likeness (QED) is 0.637. The summed E-state index contributed by atoms with van der Waals surface area (Å²) in [5.74, 6) is 0.587. The largest absolute Gasteiger partial charge is 0.492 e. The Hall–Kier alpha value is -2.13. The van der Waals surface area contributed by atoms with E-state index in [0.29, 0.717) is 55.0 Å². The van der Waals surface area contributed by atoms with Gasteiger partial charge in [-0.3, -0.25) is 9.69 Å². The molecule has 3 rings (SSSR count). The third kappa shape index (κ3) is 6.17. The van der Waals surface area contributed by atoms with E-state index in [-0.39, 0.29) is 12.5 Å². The van der Waals surface area contributed by atoms with Gasteiger partial charge in [0.2, 0.25) is 15.9 Å². The van der Waals surface area contributed by atoms with Crippen molar-refractivity contribution in [2.75, 3.05) is 45.9 Å². The summed E-state index contributed by atoms with van der Waals surface area (Å²) in [4.78, 5) is 14.4. The molecule has 7 nitrogen and oxygen atoms in total. The number of piperazine rings is 1. The molecule has 1 aliphatic rings. The average molecular weight is 438 g/mol. The summed E-state index contributed by atoms with van der Waals surface area (Å²) >= 11 is 5.82. The Morgan fingerprint density at radius 1 is 1.00 bits per heavy atom. The Bertz CT molecular complexity index is 899. The number of hydrogen-bond acceptors (Lipinski definition) is 5. The van der Waals surface area contributed by atoms with Crippen molar-refractivity contribution < 1.29 is 17.9 Å². The smallest absolute Gasteiger partial charge is 0.243 e. The third-order valence-corrected chi connectivity index (χ3v) is 6.75. The molecule has 0 aliphatic carbocycles. The van der Waals surface area contributed by atoms with Crippen molar-refractivity contribution >= 4 is 27.5 Å². The van der Waals surface area contributed by atoms with Gasteiger partial charge < -0.3 is 10.1 Å². The molecule has 0 saturated carbocycles. The first kappa shape index (κ1) is 21.6. The molecule has 0 bridgehead atoms. The molecule has 0 unspecified atom stereocenters. The van der Waals surface area contributed by atoms with Gasteiger partial charge in [0.1, 0.15) is 12.4 Å². The van der Waals surface area contributed by atoms with Crippen LogP contribution in [0.1, 0.15) is 0 Å². The maximum atomic E-state index is 12.6. The zero-order valence-electron chi connectivity index (χ0n) is 16.0. The number of carbonyl (C=O) groups is 1. The van der Waals surface area contributed by atoms with Gasteiger partial charge in [0, 0.05) is 31.2 Å². The topological polar surface area (TPSA) is 79.0 Å². The highest BCUT2D eigenvalue weighted by Gasteiger charge is 2.28. The van der Waals surface area contributed by atoms with E-state index in [1.54, 1.807) is 54.6 Å². The summed E-state index contributed by atoms with van der Waals surface area (Å²) in [5, 5.41) is 3.46. The number of sulfonamides is 1. The third-order valence-electron chi connectivity index (χ3n) is 4.59. The van der Waals surface area contributed by atoms with Gasteiger partial charge in [0.15, 0.2) is 0 Å². The van der Waals surface area contributed by atoms with E-state index in [1.807, 2.05) is 4.90 Å². The van der Waals surface area contributed by atoms with Gasteiger partial charge in [0.05, 0.1) is 18.0 Å². The first-order chi connectivity index (χ1) is 13.9. The maximum absolute atomic E-state index is 12.6. The minimum atomic E-state index is -3.48. The van der Waals surface area contributed by atoms with Crippen molar-refractivity contribution in [1.82, 2.24) is 14.5 Å². The Balaban J connectivity index is 1.37. The standard InChI is InChI=1S/C20H24ClN3O4S/c21-17-6-8-18(9-7-17)28-15-10-22-20(25)16-23-11-13-24(14-12-23)29(26,27)19-4-2-1-3-5-19/h1-9H,10-16H2,(H,22,25). The molecule has 1 N–H and O–H groups in total. The Morgan fingerprint density at radius 2 is 1.66 bits per heavy atom. The molecule has 0 spiro atoms. The van der Waals surface area contributed by atoms with Crippen molar-refractivity contribution in [2.24, 2.45) is 0 Å². The minimum Gasteiger partial charge on any atom is -0.492 e. The van der Waals surface area contributed by atoms with Crippen LogP contribution in [-0.2, 0) is 14.8 Å². The number of hydrogen-bond donors (Lipinski definition) is 1. The molecule has 1 amide bonds. The van der Waals surface area contributed by atoms with Crippen LogP contribution < -0.4 is 10.1 Å². The molecule has 9 heteroatoms. The molecule has 156 valence electrons. The van der Waals surface area contributed by atoms with E-state index in [1.165, 1.54) is 4.31 Å². The molecule has 2 aromatic rings. The SMILES string of the molecule is O=C(CN1CCN(S(=O)(=O)c2ccccc2)CC1)NCCOc1ccc(Cl)cc1. The van der Waals surface area contributed by atoms with Gasteiger partial charge in [-0.1, -0.05) is 29.8 Å². The predicted molar refractivity (Wildman–Crippen MR) is 112 cm³/mol. The molecule has 1 saturated heterocycles. The summed E-state index contributed by atoms with van der Waals surface area (Å²) in [6, 6.07) is 15.4. The lowest BCUT2D eigenvalue weighted by molar-refractivity contribution is -0.122. The Morgan fingerprint density at radius 3 is 2.31 bits per heavy atom. The monoisotopic (exact) mass is 437 g/mol. The van der Waals surface area contributed by atoms with Crippen molar-refractivity contribution in [3.63, 3.8) is 0 Å². The Labute approximate surface area is 176 Å². The molecule has 1 aliphatic heterocycles. The number of rotatable bonds is 8. The number of ether oxygens (including phenoxy) is 1. The molecule has 29 heavy (non-hydrogen) atoms. The summed E-state index contributed by atoms with van der Waals surface area (Å²) in [7, 11) is -3.48. The first-order valence-electron chi connectivity index (χ1n) is 9.38. The van der Waals surface area contributed by atoms with E-state index >= 15 is 0 Å². The van der Waals surface area contributed by atoms with Crippen molar-refractivity contribution in [1.29, 1.82) is 0 Å². The summed E-state index contributed by atoms with van der Waals surface area (Å²) in [5.41, 5.74) is 0. The van der Waals surface area contributed by atoms with Gasteiger partial charge >= 0.3 is 0 Å². The minimum absolute atomic E-state index is 0.107. The fraction of sp³-hybridized carbons (Fsp3) is 0.350. The van der Waals surface area contributed by atoms with Crippen molar-refractivity contribution in [3.8, 4) is 5.75 Å². The lowest BCUT2D eigenvalue weighted by Gasteiger charge is -2.33. The Kier molecular flexibility index (Phi) is 7.49. The highest BCUT2D eigenvalue weighted by Crippen LogP contribution is 2.17. The second kappa shape index (κ2) is 10.1. The lowest BCUT2D eigenvalue weighted by Crippen LogP contribution is -2.51. The van der Waals surface area contributed by atoms with Crippen LogP contribution in [-0.4, -0.2) is 69.4 Å². The zero-order valence-corrected chi connectivity index (χ0v) is 17.5. The number of carbonyl (C=O) groups excluding carboxylic acids is 1. The number of halogens is 1. The van der Waals surface area contributed by atoms with E-state index in [9.17, 15) is 13.2 Å². The van der Waals surface area contributed by atoms with Crippen LogP contribution in [0.3, 0.4) is 0 Å².